The molecule has 0 bridgehead atoms. The summed E-state index contributed by atoms with van der Waals surface area (Å²) in [4.78, 5) is 32.9. The Morgan fingerprint density at radius 1 is 0.744 bits per heavy atom. The van der Waals surface area contributed by atoms with Gasteiger partial charge < -0.3 is 10.2 Å². The summed E-state index contributed by atoms with van der Waals surface area (Å²) in [6.45, 7) is 1.85. The third-order valence-electron chi connectivity index (χ3n) is 8.40. The van der Waals surface area contributed by atoms with E-state index < -0.39 is 6.04 Å². The fraction of sp³-hybridized carbons (Fsp3) is 0.353. The second-order valence-electron chi connectivity index (χ2n) is 11.0. The topological polar surface area (TPSA) is 52.7 Å². The summed E-state index contributed by atoms with van der Waals surface area (Å²) < 4.78 is 0. The smallest absolute Gasteiger partial charge is 0.262 e. The zero-order valence-corrected chi connectivity index (χ0v) is 22.5. The van der Waals surface area contributed by atoms with E-state index in [1.165, 1.54) is 12.8 Å². The van der Waals surface area contributed by atoms with Crippen molar-refractivity contribution >= 4 is 28.8 Å². The molecule has 5 nitrogen and oxygen atoms in total. The fourth-order valence-electron chi connectivity index (χ4n) is 6.50. The third-order valence-corrected chi connectivity index (χ3v) is 8.40. The molecule has 2 aliphatic heterocycles. The van der Waals surface area contributed by atoms with Gasteiger partial charge in [0.25, 0.3) is 5.91 Å². The minimum Gasteiger partial charge on any atom is -0.370 e. The molecule has 3 aromatic rings. The normalized spacial score (nSPS) is 19.9. The minimum absolute atomic E-state index is 0.100. The molecule has 1 atom stereocenters. The summed E-state index contributed by atoms with van der Waals surface area (Å²) >= 11 is 0. The standard InChI is InChI=1S/C34H37N3O2/c38-33(35-27-19-9-3-10-20-27)32(26-17-7-2-8-18-26)37-29-22-12-11-21-28(29)30(34(37)39)31(25-15-5-1-6-16-25)36-23-13-4-14-24-36/h1-2,5-8,11-12,15-18,21-22,27,32H,3-4,9-10,13-14,19-20,23-24H2,(H,35,38)/b31-30-. The van der Waals surface area contributed by atoms with Gasteiger partial charge in [-0.2, -0.15) is 0 Å². The predicted molar refractivity (Wildman–Crippen MR) is 157 cm³/mol. The van der Waals surface area contributed by atoms with Gasteiger partial charge in [-0.05, 0) is 49.3 Å². The first kappa shape index (κ1) is 25.4. The SMILES string of the molecule is O=C(NC1CCCCC1)C(c1ccccc1)N1C(=O)/C(=C(/c2ccccc2)N2CCCCC2)c2ccccc21. The van der Waals surface area contributed by atoms with Gasteiger partial charge in [0.1, 0.15) is 6.04 Å². The van der Waals surface area contributed by atoms with Gasteiger partial charge in [-0.3, -0.25) is 14.5 Å². The van der Waals surface area contributed by atoms with Crippen LogP contribution in [0.4, 0.5) is 5.69 Å². The highest BCUT2D eigenvalue weighted by Crippen LogP contribution is 2.46. The molecule has 5 heteroatoms. The van der Waals surface area contributed by atoms with Crippen molar-refractivity contribution < 1.29 is 9.59 Å². The monoisotopic (exact) mass is 519 g/mol. The Morgan fingerprint density at radius 2 is 1.36 bits per heavy atom. The van der Waals surface area contributed by atoms with Gasteiger partial charge in [-0.1, -0.05) is 98.1 Å². The Balaban J connectivity index is 1.49. The average molecular weight is 520 g/mol. The molecular formula is C34H37N3O2. The number of piperidine rings is 1. The van der Waals surface area contributed by atoms with E-state index >= 15 is 0 Å². The highest BCUT2D eigenvalue weighted by atomic mass is 16.2. The Kier molecular flexibility index (Phi) is 7.49. The van der Waals surface area contributed by atoms with Gasteiger partial charge in [-0.25, -0.2) is 0 Å². The number of amides is 2. The second kappa shape index (κ2) is 11.5. The Labute approximate surface area is 231 Å². The Bertz CT molecular complexity index is 1340. The van der Waals surface area contributed by atoms with E-state index in [-0.39, 0.29) is 17.9 Å². The van der Waals surface area contributed by atoms with E-state index in [2.05, 4.69) is 22.3 Å². The maximum atomic E-state index is 14.7. The summed E-state index contributed by atoms with van der Waals surface area (Å²) in [5, 5.41) is 3.33. The van der Waals surface area contributed by atoms with Crippen molar-refractivity contribution in [2.24, 2.45) is 0 Å². The summed E-state index contributed by atoms with van der Waals surface area (Å²) in [5.74, 6) is -0.204. The van der Waals surface area contributed by atoms with Crippen LogP contribution in [0.15, 0.2) is 84.9 Å². The van der Waals surface area contributed by atoms with Crippen molar-refractivity contribution in [3.05, 3.63) is 102 Å². The molecule has 2 heterocycles. The van der Waals surface area contributed by atoms with Crippen LogP contribution in [-0.2, 0) is 9.59 Å². The summed E-state index contributed by atoms with van der Waals surface area (Å²) in [5.41, 5.74) is 5.26. The van der Waals surface area contributed by atoms with E-state index in [1.807, 2.05) is 72.8 Å². The summed E-state index contributed by atoms with van der Waals surface area (Å²) in [7, 11) is 0. The Morgan fingerprint density at radius 3 is 2.08 bits per heavy atom. The molecule has 1 saturated heterocycles. The van der Waals surface area contributed by atoms with Gasteiger partial charge in [-0.15, -0.1) is 0 Å². The van der Waals surface area contributed by atoms with Crippen LogP contribution >= 0.6 is 0 Å². The van der Waals surface area contributed by atoms with Gasteiger partial charge in [0.2, 0.25) is 5.91 Å². The lowest BCUT2D eigenvalue weighted by atomic mass is 9.94. The molecule has 200 valence electrons. The van der Waals surface area contributed by atoms with Crippen LogP contribution in [0.5, 0.6) is 0 Å². The molecule has 2 fully saturated rings. The number of hydrogen-bond acceptors (Lipinski definition) is 3. The summed E-state index contributed by atoms with van der Waals surface area (Å²) in [6.07, 6.45) is 8.91. The molecule has 0 aromatic heterocycles. The lowest BCUT2D eigenvalue weighted by molar-refractivity contribution is -0.125. The maximum Gasteiger partial charge on any atom is 0.262 e. The maximum absolute atomic E-state index is 14.7. The van der Waals surface area contributed by atoms with Crippen molar-refractivity contribution in [3.8, 4) is 0 Å². The van der Waals surface area contributed by atoms with E-state index in [4.69, 9.17) is 0 Å². The molecule has 3 aliphatic rings. The zero-order valence-electron chi connectivity index (χ0n) is 22.5. The molecule has 1 saturated carbocycles. The van der Waals surface area contributed by atoms with Crippen LogP contribution < -0.4 is 10.2 Å². The average Bonchev–Trinajstić information content (AvgIpc) is 3.27. The first-order chi connectivity index (χ1) is 19.2. The van der Waals surface area contributed by atoms with Crippen molar-refractivity contribution in [1.29, 1.82) is 0 Å². The minimum atomic E-state index is -0.738. The molecule has 6 rings (SSSR count). The van der Waals surface area contributed by atoms with Crippen molar-refractivity contribution in [3.63, 3.8) is 0 Å². The number of carbonyl (C=O) groups excluding carboxylic acids is 2. The zero-order chi connectivity index (χ0) is 26.6. The number of carbonyl (C=O) groups is 2. The lowest BCUT2D eigenvalue weighted by Crippen LogP contribution is -2.46. The van der Waals surface area contributed by atoms with Gasteiger partial charge in [0.05, 0.1) is 17.0 Å². The first-order valence-electron chi connectivity index (χ1n) is 14.6. The van der Waals surface area contributed by atoms with E-state index in [0.29, 0.717) is 5.57 Å². The number of rotatable bonds is 6. The van der Waals surface area contributed by atoms with Crippen LogP contribution in [0.2, 0.25) is 0 Å². The van der Waals surface area contributed by atoms with Crippen LogP contribution in [0.3, 0.4) is 0 Å². The molecule has 1 N–H and O–H groups in total. The number of para-hydroxylation sites is 1. The number of nitrogens with zero attached hydrogens (tertiary/aromatic N) is 2. The van der Waals surface area contributed by atoms with Crippen LogP contribution in [0, 0.1) is 0 Å². The third kappa shape index (κ3) is 5.10. The summed E-state index contributed by atoms with van der Waals surface area (Å²) in [6, 6.07) is 27.5. The van der Waals surface area contributed by atoms with E-state index in [0.717, 1.165) is 79.7 Å². The highest BCUT2D eigenvalue weighted by Gasteiger charge is 2.43. The molecule has 3 aromatic carbocycles. The molecule has 0 radical (unpaired) electrons. The van der Waals surface area contributed by atoms with Crippen LogP contribution in [0.25, 0.3) is 11.3 Å². The first-order valence-corrected chi connectivity index (χ1v) is 14.6. The number of anilines is 1. The molecule has 0 spiro atoms. The predicted octanol–water partition coefficient (Wildman–Crippen LogP) is 6.58. The molecule has 1 aliphatic carbocycles. The van der Waals surface area contributed by atoms with Gasteiger partial charge >= 0.3 is 0 Å². The number of likely N-dealkylation sites (tertiary alicyclic amines) is 1. The quantitative estimate of drug-likeness (QED) is 0.375. The second-order valence-corrected chi connectivity index (χ2v) is 11.0. The van der Waals surface area contributed by atoms with Crippen molar-refractivity contribution in [1.82, 2.24) is 10.2 Å². The van der Waals surface area contributed by atoms with Crippen molar-refractivity contribution in [2.45, 2.75) is 63.5 Å². The Hall–Kier alpha value is -3.86. The van der Waals surface area contributed by atoms with Crippen LogP contribution in [-0.4, -0.2) is 35.8 Å². The number of benzene rings is 3. The van der Waals surface area contributed by atoms with Crippen molar-refractivity contribution in [2.75, 3.05) is 18.0 Å². The van der Waals surface area contributed by atoms with Crippen LogP contribution in [0.1, 0.15) is 74.1 Å². The molecule has 39 heavy (non-hydrogen) atoms. The van der Waals surface area contributed by atoms with Gasteiger partial charge in [0, 0.05) is 24.7 Å². The lowest BCUT2D eigenvalue weighted by Gasteiger charge is -2.33. The largest absolute Gasteiger partial charge is 0.370 e. The number of nitrogens with one attached hydrogen (secondary N) is 1. The molecular weight excluding hydrogens is 482 g/mol. The molecule has 2 amide bonds. The number of hydrogen-bond donors (Lipinski definition) is 1. The number of fused-ring (bicyclic) bond motifs is 1. The van der Waals surface area contributed by atoms with Gasteiger partial charge in [0.15, 0.2) is 0 Å². The van der Waals surface area contributed by atoms with E-state index in [9.17, 15) is 9.59 Å². The fourth-order valence-corrected chi connectivity index (χ4v) is 6.50. The molecule has 1 unspecified atom stereocenters. The highest BCUT2D eigenvalue weighted by molar-refractivity contribution is 6.38. The van der Waals surface area contributed by atoms with E-state index in [1.54, 1.807) is 4.90 Å².